The minimum Gasteiger partial charge on any atom is -0.492 e. The number of ether oxygens (including phenoxy) is 2. The van der Waals surface area contributed by atoms with Crippen LogP contribution in [-0.2, 0) is 16.1 Å². The number of H-pyrrole nitrogens is 1. The quantitative estimate of drug-likeness (QED) is 0.316. The van der Waals surface area contributed by atoms with E-state index in [-0.39, 0.29) is 17.9 Å². The highest BCUT2D eigenvalue weighted by atomic mass is 16.6. The molecule has 2 aromatic carbocycles. The van der Waals surface area contributed by atoms with Crippen molar-refractivity contribution in [1.82, 2.24) is 25.0 Å². The number of para-hydroxylation sites is 1. The van der Waals surface area contributed by atoms with Crippen molar-refractivity contribution >= 4 is 34.6 Å². The number of carbonyl (C=O) groups excluding carboxylic acids is 3. The van der Waals surface area contributed by atoms with Crippen LogP contribution in [0.25, 0.3) is 10.9 Å². The van der Waals surface area contributed by atoms with E-state index >= 15 is 0 Å². The number of anilines is 1. The molecule has 238 valence electrons. The number of benzene rings is 2. The number of rotatable bonds is 9. The molecule has 0 bridgehead atoms. The van der Waals surface area contributed by atoms with Crippen molar-refractivity contribution in [2.45, 2.75) is 58.7 Å². The van der Waals surface area contributed by atoms with Crippen LogP contribution in [0.2, 0.25) is 0 Å². The summed E-state index contributed by atoms with van der Waals surface area (Å²) in [5.41, 5.74) is 2.84. The smallest absolute Gasteiger partial charge is 0.410 e. The zero-order valence-electron chi connectivity index (χ0n) is 26.9. The number of amides is 4. The normalized spacial score (nSPS) is 15.2. The molecule has 11 heteroatoms. The Bertz CT molecular complexity index is 1450. The van der Waals surface area contributed by atoms with Gasteiger partial charge in [-0.1, -0.05) is 31.2 Å². The van der Waals surface area contributed by atoms with Crippen molar-refractivity contribution in [2.24, 2.45) is 0 Å². The van der Waals surface area contributed by atoms with Crippen LogP contribution < -0.4 is 15.4 Å². The van der Waals surface area contributed by atoms with E-state index < -0.39 is 17.7 Å². The summed E-state index contributed by atoms with van der Waals surface area (Å²) in [6.45, 7) is 11.8. The number of aromatic amines is 1. The molecule has 11 nitrogen and oxygen atoms in total. The molecule has 0 unspecified atom stereocenters. The van der Waals surface area contributed by atoms with E-state index in [0.29, 0.717) is 50.8 Å². The molecule has 3 N–H and O–H groups in total. The third-order valence-electron chi connectivity index (χ3n) is 7.49. The minimum absolute atomic E-state index is 0.321. The number of hydrogen-bond acceptors (Lipinski definition) is 6. The molecule has 44 heavy (non-hydrogen) atoms. The number of nitrogens with one attached hydrogen (secondary N) is 3. The van der Waals surface area contributed by atoms with Gasteiger partial charge in [0.05, 0.1) is 12.3 Å². The van der Waals surface area contributed by atoms with Gasteiger partial charge in [-0.15, -0.1) is 0 Å². The Balaban J connectivity index is 1.56. The van der Waals surface area contributed by atoms with Gasteiger partial charge in [0, 0.05) is 55.7 Å². The number of urea groups is 1. The van der Waals surface area contributed by atoms with Crippen LogP contribution in [0.15, 0.2) is 48.7 Å². The van der Waals surface area contributed by atoms with Gasteiger partial charge in [-0.2, -0.15) is 0 Å². The molecule has 1 saturated heterocycles. The van der Waals surface area contributed by atoms with Crippen molar-refractivity contribution in [3.63, 3.8) is 0 Å². The largest absolute Gasteiger partial charge is 0.492 e. The highest BCUT2D eigenvalue weighted by Gasteiger charge is 2.33. The van der Waals surface area contributed by atoms with Gasteiger partial charge in [-0.05, 0) is 71.1 Å². The number of carbonyl (C=O) groups is 3. The molecular weight excluding hydrogens is 560 g/mol. The zero-order valence-corrected chi connectivity index (χ0v) is 26.9. The Hall–Kier alpha value is -4.25. The second-order valence-corrected chi connectivity index (χ2v) is 12.5. The van der Waals surface area contributed by atoms with Crippen LogP contribution in [0.4, 0.5) is 15.3 Å². The van der Waals surface area contributed by atoms with Crippen LogP contribution in [0.5, 0.6) is 5.75 Å². The van der Waals surface area contributed by atoms with E-state index in [2.05, 4.69) is 15.6 Å². The fraction of sp³-hybridized carbons (Fsp3) is 0.485. The molecule has 1 aliphatic heterocycles. The third kappa shape index (κ3) is 8.22. The van der Waals surface area contributed by atoms with Gasteiger partial charge in [-0.3, -0.25) is 4.79 Å². The van der Waals surface area contributed by atoms with E-state index in [0.717, 1.165) is 22.0 Å². The fourth-order valence-corrected chi connectivity index (χ4v) is 5.34. The highest BCUT2D eigenvalue weighted by molar-refractivity contribution is 5.99. The van der Waals surface area contributed by atoms with Crippen LogP contribution in [0.1, 0.15) is 51.7 Å². The zero-order chi connectivity index (χ0) is 32.0. The maximum absolute atomic E-state index is 14.1. The first-order chi connectivity index (χ1) is 20.9. The Morgan fingerprint density at radius 2 is 1.70 bits per heavy atom. The van der Waals surface area contributed by atoms with Crippen LogP contribution in [0.3, 0.4) is 0 Å². The van der Waals surface area contributed by atoms with E-state index in [1.54, 1.807) is 9.80 Å². The number of piperazine rings is 1. The van der Waals surface area contributed by atoms with E-state index in [1.807, 2.05) is 102 Å². The second-order valence-electron chi connectivity index (χ2n) is 12.5. The Kier molecular flexibility index (Phi) is 10.4. The lowest BCUT2D eigenvalue weighted by Gasteiger charge is -2.36. The minimum atomic E-state index is -0.905. The molecule has 0 spiro atoms. The van der Waals surface area contributed by atoms with Gasteiger partial charge in [0.25, 0.3) is 0 Å². The summed E-state index contributed by atoms with van der Waals surface area (Å²) in [7, 11) is 3.97. The predicted molar refractivity (Wildman–Crippen MR) is 172 cm³/mol. The van der Waals surface area contributed by atoms with Crippen molar-refractivity contribution in [3.8, 4) is 5.75 Å². The van der Waals surface area contributed by atoms with Crippen molar-refractivity contribution < 1.29 is 23.9 Å². The monoisotopic (exact) mass is 606 g/mol. The summed E-state index contributed by atoms with van der Waals surface area (Å²) in [6.07, 6.45) is 1.49. The summed E-state index contributed by atoms with van der Waals surface area (Å²) in [6, 6.07) is 12.4. The number of fused-ring (bicyclic) bond motifs is 1. The fourth-order valence-electron chi connectivity index (χ4n) is 5.34. The second kappa shape index (κ2) is 14.0. The summed E-state index contributed by atoms with van der Waals surface area (Å²) < 4.78 is 11.3. The van der Waals surface area contributed by atoms with Gasteiger partial charge < -0.3 is 39.8 Å². The molecule has 2 heterocycles. The van der Waals surface area contributed by atoms with Gasteiger partial charge in [0.1, 0.15) is 17.4 Å². The molecule has 4 rings (SSSR count). The van der Waals surface area contributed by atoms with Crippen molar-refractivity contribution in [3.05, 3.63) is 59.8 Å². The van der Waals surface area contributed by atoms with Gasteiger partial charge in [0.2, 0.25) is 5.91 Å². The maximum atomic E-state index is 14.1. The average molecular weight is 607 g/mol. The molecule has 1 fully saturated rings. The van der Waals surface area contributed by atoms with E-state index in [4.69, 9.17) is 9.47 Å². The molecule has 1 aromatic heterocycles. The van der Waals surface area contributed by atoms with E-state index in [1.165, 1.54) is 0 Å². The first kappa shape index (κ1) is 32.7. The first-order valence-electron chi connectivity index (χ1n) is 15.2. The number of hydrogen-bond donors (Lipinski definition) is 3. The van der Waals surface area contributed by atoms with Gasteiger partial charge >= 0.3 is 12.1 Å². The van der Waals surface area contributed by atoms with Crippen LogP contribution in [-0.4, -0.2) is 96.2 Å². The van der Waals surface area contributed by atoms with Crippen LogP contribution in [0, 0.1) is 0 Å². The Labute approximate surface area is 259 Å². The lowest BCUT2D eigenvalue weighted by atomic mass is 9.92. The third-order valence-corrected chi connectivity index (χ3v) is 7.49. The molecular formula is C33H46N6O5. The van der Waals surface area contributed by atoms with E-state index in [9.17, 15) is 14.4 Å². The lowest BCUT2D eigenvalue weighted by molar-refractivity contribution is -0.118. The molecule has 2 atom stereocenters. The standard InChI is InChI=1S/C33H46N6O5/c1-8-43-28-14-13-23(21-37(6)7)19-27(28)35-30(40)29(22(2)25-20-34-26-12-10-9-11-24(25)26)36-31(41)38-15-17-39(18-16-38)32(42)44-33(3,4)5/h9-14,19-20,22,29,34H,8,15-18,21H2,1-7H3,(H,35,40)(H,36,41)/t22-,29-/m1/s1. The van der Waals surface area contributed by atoms with Crippen molar-refractivity contribution in [2.75, 3.05) is 52.2 Å². The molecule has 4 amide bonds. The lowest BCUT2D eigenvalue weighted by Crippen LogP contribution is -2.57. The first-order valence-corrected chi connectivity index (χ1v) is 15.2. The molecule has 0 radical (unpaired) electrons. The topological polar surface area (TPSA) is 119 Å². The average Bonchev–Trinajstić information content (AvgIpc) is 3.40. The maximum Gasteiger partial charge on any atom is 0.410 e. The number of nitrogens with zero attached hydrogens (tertiary/aromatic N) is 3. The highest BCUT2D eigenvalue weighted by Crippen LogP contribution is 2.31. The summed E-state index contributed by atoms with van der Waals surface area (Å²) in [5, 5.41) is 7.06. The summed E-state index contributed by atoms with van der Waals surface area (Å²) >= 11 is 0. The SMILES string of the molecule is CCOc1ccc(CN(C)C)cc1NC(=O)[C@H](NC(=O)N1CCN(C(=O)OC(C)(C)C)CC1)[C@H](C)c1c[nH]c2ccccc12. The summed E-state index contributed by atoms with van der Waals surface area (Å²) in [5.74, 6) is -0.170. The molecule has 0 aliphatic carbocycles. The van der Waals surface area contributed by atoms with Gasteiger partial charge in [-0.25, -0.2) is 9.59 Å². The Morgan fingerprint density at radius 1 is 1.02 bits per heavy atom. The van der Waals surface area contributed by atoms with Gasteiger partial charge in [0.15, 0.2) is 0 Å². The molecule has 0 saturated carbocycles. The summed E-state index contributed by atoms with van der Waals surface area (Å²) in [4.78, 5) is 48.8. The molecule has 3 aromatic rings. The van der Waals surface area contributed by atoms with Crippen molar-refractivity contribution in [1.29, 1.82) is 0 Å². The Morgan fingerprint density at radius 3 is 2.36 bits per heavy atom. The predicted octanol–water partition coefficient (Wildman–Crippen LogP) is 5.00. The molecule has 1 aliphatic rings. The van der Waals surface area contributed by atoms with Crippen LogP contribution >= 0.6 is 0 Å². The number of aromatic nitrogens is 1.